The highest BCUT2D eigenvalue weighted by atomic mass is 32.2. The van der Waals surface area contributed by atoms with Crippen molar-refractivity contribution in [3.05, 3.63) is 78.6 Å². The predicted octanol–water partition coefficient (Wildman–Crippen LogP) is 3.81. The van der Waals surface area contributed by atoms with E-state index in [0.717, 1.165) is 22.8 Å². The monoisotopic (exact) mass is 514 g/mol. The molecule has 0 aliphatic rings. The Labute approximate surface area is 210 Å². The van der Waals surface area contributed by atoms with Crippen molar-refractivity contribution >= 4 is 32.2 Å². The maximum atomic E-state index is 14.5. The van der Waals surface area contributed by atoms with Crippen LogP contribution >= 0.6 is 0 Å². The largest absolute Gasteiger partial charge is 0.335 e. The number of benzene rings is 1. The first-order valence-corrected chi connectivity index (χ1v) is 13.1. The number of aromatic nitrogens is 7. The number of aromatic amines is 2. The zero-order chi connectivity index (χ0) is 25.6. The fourth-order valence-electron chi connectivity index (χ4n) is 4.16. The van der Waals surface area contributed by atoms with Gasteiger partial charge in [-0.2, -0.15) is 5.10 Å². The maximum Gasteiger partial charge on any atom is 0.209 e. The first-order chi connectivity index (χ1) is 17.8. The second-order valence-corrected chi connectivity index (χ2v) is 10.4. The van der Waals surface area contributed by atoms with Crippen LogP contribution in [0.5, 0.6) is 0 Å². The first-order valence-electron chi connectivity index (χ1n) is 11.2. The molecule has 0 aliphatic heterocycles. The average molecular weight is 515 g/mol. The molecule has 0 aliphatic carbocycles. The zero-order valence-electron chi connectivity index (χ0n) is 19.4. The van der Waals surface area contributed by atoms with E-state index in [1.165, 1.54) is 12.1 Å². The van der Waals surface area contributed by atoms with Gasteiger partial charge >= 0.3 is 0 Å². The van der Waals surface area contributed by atoms with Crippen LogP contribution in [0.3, 0.4) is 0 Å². The minimum atomic E-state index is -3.42. The molecule has 0 saturated carbocycles. The van der Waals surface area contributed by atoms with Gasteiger partial charge in [-0.25, -0.2) is 32.5 Å². The molecule has 0 bridgehead atoms. The van der Waals surface area contributed by atoms with E-state index in [4.69, 9.17) is 0 Å². The normalized spacial score (nSPS) is 11.9. The fourth-order valence-corrected chi connectivity index (χ4v) is 4.59. The number of hydrogen-bond acceptors (Lipinski definition) is 7. The zero-order valence-corrected chi connectivity index (χ0v) is 20.2. The van der Waals surface area contributed by atoms with Crippen LogP contribution in [0.25, 0.3) is 56.0 Å². The van der Waals surface area contributed by atoms with Crippen molar-refractivity contribution in [1.82, 2.24) is 39.8 Å². The van der Waals surface area contributed by atoms with Crippen LogP contribution in [0, 0.1) is 5.82 Å². The van der Waals surface area contributed by atoms with E-state index < -0.39 is 15.8 Å². The van der Waals surface area contributed by atoms with E-state index in [-0.39, 0.29) is 6.54 Å². The molecule has 37 heavy (non-hydrogen) atoms. The third-order valence-corrected chi connectivity index (χ3v) is 6.51. The summed E-state index contributed by atoms with van der Waals surface area (Å²) in [6.07, 6.45) is 7.86. The molecule has 0 radical (unpaired) electrons. The molecule has 10 nitrogen and oxygen atoms in total. The van der Waals surface area contributed by atoms with Crippen LogP contribution in [-0.4, -0.2) is 49.8 Å². The molecular weight excluding hydrogens is 495 g/mol. The summed E-state index contributed by atoms with van der Waals surface area (Å²) in [5.41, 5.74) is 5.72. The third kappa shape index (κ3) is 4.55. The second-order valence-electron chi connectivity index (χ2n) is 8.52. The van der Waals surface area contributed by atoms with E-state index >= 15 is 0 Å². The number of pyridine rings is 3. The van der Waals surface area contributed by atoms with Gasteiger partial charge in [0.15, 0.2) is 17.1 Å². The predicted molar refractivity (Wildman–Crippen MR) is 137 cm³/mol. The molecule has 184 valence electrons. The molecule has 5 aromatic heterocycles. The Morgan fingerprint density at radius 2 is 1.86 bits per heavy atom. The molecular formula is C25H19FN8O2S. The number of rotatable bonds is 6. The molecule has 3 N–H and O–H groups in total. The smallest absolute Gasteiger partial charge is 0.209 e. The van der Waals surface area contributed by atoms with E-state index in [2.05, 4.69) is 39.8 Å². The molecule has 0 unspecified atom stereocenters. The van der Waals surface area contributed by atoms with Crippen molar-refractivity contribution in [2.24, 2.45) is 0 Å². The number of fused-ring (bicyclic) bond motifs is 2. The van der Waals surface area contributed by atoms with E-state index in [1.807, 2.05) is 18.2 Å². The molecule has 0 spiro atoms. The summed E-state index contributed by atoms with van der Waals surface area (Å²) in [5.74, 6) is 0.0130. The topological polar surface area (TPSA) is 142 Å². The van der Waals surface area contributed by atoms with Gasteiger partial charge in [0.1, 0.15) is 11.5 Å². The van der Waals surface area contributed by atoms with E-state index in [9.17, 15) is 12.8 Å². The number of nitrogens with one attached hydrogen (secondary N) is 3. The summed E-state index contributed by atoms with van der Waals surface area (Å²) < 4.78 is 39.8. The third-order valence-electron chi connectivity index (χ3n) is 5.84. The summed E-state index contributed by atoms with van der Waals surface area (Å²) in [5, 5.41) is 8.08. The Morgan fingerprint density at radius 1 is 0.973 bits per heavy atom. The van der Waals surface area contributed by atoms with E-state index in [0.29, 0.717) is 45.0 Å². The average Bonchev–Trinajstić information content (AvgIpc) is 3.51. The van der Waals surface area contributed by atoms with Crippen LogP contribution in [-0.2, 0) is 16.6 Å². The number of H-pyrrole nitrogens is 2. The van der Waals surface area contributed by atoms with Crippen LogP contribution in [0.2, 0.25) is 0 Å². The summed E-state index contributed by atoms with van der Waals surface area (Å²) in [7, 11) is -3.42. The van der Waals surface area contributed by atoms with Gasteiger partial charge in [-0.3, -0.25) is 10.1 Å². The number of nitrogens with zero attached hydrogens (tertiary/aromatic N) is 5. The van der Waals surface area contributed by atoms with Gasteiger partial charge in [0.05, 0.1) is 17.2 Å². The van der Waals surface area contributed by atoms with Gasteiger partial charge in [0, 0.05) is 48.0 Å². The number of halogens is 1. The quantitative estimate of drug-likeness (QED) is 0.307. The Balaban J connectivity index is 1.44. The highest BCUT2D eigenvalue weighted by Crippen LogP contribution is 2.32. The lowest BCUT2D eigenvalue weighted by Gasteiger charge is -2.08. The van der Waals surface area contributed by atoms with Gasteiger partial charge in [-0.05, 0) is 47.5 Å². The minimum absolute atomic E-state index is 0.0293. The molecule has 6 aromatic rings. The number of imidazole rings is 1. The Morgan fingerprint density at radius 3 is 2.68 bits per heavy atom. The summed E-state index contributed by atoms with van der Waals surface area (Å²) >= 11 is 0. The summed E-state index contributed by atoms with van der Waals surface area (Å²) in [4.78, 5) is 20.9. The lowest BCUT2D eigenvalue weighted by molar-refractivity contribution is 0.586. The standard InChI is InChI=1S/C25H19FN8O2S/c1-37(35,36)30-11-14-7-16(9-18(26)8-14)19-4-6-28-24-21(19)31-25(32-24)22-20-10-17(13-29-23(20)34-33-22)15-3-2-5-27-12-15/h2-10,12-13,30H,11H2,1H3,(H,28,31,32)(H,29,33,34). The minimum Gasteiger partial charge on any atom is -0.335 e. The SMILES string of the molecule is CS(=O)(=O)NCc1cc(F)cc(-c2ccnc3nc(-c4[nH]nc5ncc(-c6cccnc6)cc45)[nH]c23)c1. The van der Waals surface area contributed by atoms with Crippen molar-refractivity contribution < 1.29 is 12.8 Å². The van der Waals surface area contributed by atoms with Crippen LogP contribution in [0.1, 0.15) is 5.56 Å². The maximum absolute atomic E-state index is 14.5. The van der Waals surface area contributed by atoms with Crippen molar-refractivity contribution in [3.8, 4) is 33.8 Å². The Kier molecular flexibility index (Phi) is 5.46. The lowest BCUT2D eigenvalue weighted by atomic mass is 10.0. The first kappa shape index (κ1) is 22.9. The van der Waals surface area contributed by atoms with E-state index in [1.54, 1.807) is 36.9 Å². The number of hydrogen-bond donors (Lipinski definition) is 3. The molecule has 12 heteroatoms. The number of sulfonamides is 1. The highest BCUT2D eigenvalue weighted by Gasteiger charge is 2.17. The molecule has 5 heterocycles. The van der Waals surface area contributed by atoms with Gasteiger partial charge in [-0.1, -0.05) is 6.07 Å². The molecule has 6 rings (SSSR count). The van der Waals surface area contributed by atoms with Gasteiger partial charge in [-0.15, -0.1) is 0 Å². The van der Waals surface area contributed by atoms with Crippen LogP contribution < -0.4 is 4.72 Å². The summed E-state index contributed by atoms with van der Waals surface area (Å²) in [6.45, 7) is -0.0293. The Hall–Kier alpha value is -4.55. The van der Waals surface area contributed by atoms with Crippen LogP contribution in [0.15, 0.2) is 67.3 Å². The van der Waals surface area contributed by atoms with Crippen molar-refractivity contribution in [1.29, 1.82) is 0 Å². The fraction of sp³-hybridized carbons (Fsp3) is 0.0800. The molecule has 0 amide bonds. The molecule has 1 aromatic carbocycles. The molecule has 0 atom stereocenters. The van der Waals surface area contributed by atoms with Crippen molar-refractivity contribution in [2.45, 2.75) is 6.54 Å². The second kappa shape index (κ2) is 8.84. The van der Waals surface area contributed by atoms with Crippen molar-refractivity contribution in [2.75, 3.05) is 6.26 Å². The Bertz CT molecular complexity index is 1880. The van der Waals surface area contributed by atoms with Gasteiger partial charge < -0.3 is 4.98 Å². The van der Waals surface area contributed by atoms with Gasteiger partial charge in [0.25, 0.3) is 0 Å². The highest BCUT2D eigenvalue weighted by molar-refractivity contribution is 7.88. The van der Waals surface area contributed by atoms with Crippen LogP contribution in [0.4, 0.5) is 4.39 Å². The molecule has 0 fully saturated rings. The lowest BCUT2D eigenvalue weighted by Crippen LogP contribution is -2.21. The van der Waals surface area contributed by atoms with Gasteiger partial charge in [0.2, 0.25) is 10.0 Å². The molecule has 0 saturated heterocycles. The summed E-state index contributed by atoms with van der Waals surface area (Å²) in [6, 6.07) is 11.9. The van der Waals surface area contributed by atoms with Crippen molar-refractivity contribution in [3.63, 3.8) is 0 Å².